The van der Waals surface area contributed by atoms with Crippen molar-refractivity contribution in [3.63, 3.8) is 0 Å². The molecule has 268 valence electrons. The smallest absolute Gasteiger partial charge is 0.131 e. The quantitative estimate of drug-likeness (QED) is 0.156. The third-order valence-electron chi connectivity index (χ3n) is 11.3. The average Bonchev–Trinajstić information content (AvgIpc) is 3.15. The zero-order valence-electron chi connectivity index (χ0n) is 30.9. The van der Waals surface area contributed by atoms with Crippen molar-refractivity contribution in [2.45, 2.75) is 127 Å². The van der Waals surface area contributed by atoms with E-state index in [9.17, 15) is 10.2 Å². The molecule has 50 heavy (non-hydrogen) atoms. The van der Waals surface area contributed by atoms with Crippen LogP contribution in [0.25, 0.3) is 0 Å². The van der Waals surface area contributed by atoms with Gasteiger partial charge in [-0.05, 0) is 128 Å². The summed E-state index contributed by atoms with van der Waals surface area (Å²) in [6.07, 6.45) is 14.6. The van der Waals surface area contributed by atoms with Gasteiger partial charge in [0.2, 0.25) is 0 Å². The normalized spacial score (nSPS) is 24.0. The lowest BCUT2D eigenvalue weighted by Crippen LogP contribution is -2.44. The minimum atomic E-state index is -1.02. The van der Waals surface area contributed by atoms with E-state index in [4.69, 9.17) is 0 Å². The van der Waals surface area contributed by atoms with Crippen LogP contribution in [0.3, 0.4) is 0 Å². The Hall–Kier alpha value is -3.42. The second-order valence-corrected chi connectivity index (χ2v) is 14.8. The van der Waals surface area contributed by atoms with Crippen LogP contribution < -0.4 is 0 Å². The van der Waals surface area contributed by atoms with Gasteiger partial charge in [-0.3, -0.25) is 19.8 Å². The summed E-state index contributed by atoms with van der Waals surface area (Å²) < 4.78 is 0. The molecule has 4 heterocycles. The first-order valence-electron chi connectivity index (χ1n) is 19.1. The molecule has 2 aromatic heterocycles. The van der Waals surface area contributed by atoms with Gasteiger partial charge in [0, 0.05) is 36.6 Å². The van der Waals surface area contributed by atoms with Gasteiger partial charge in [0.05, 0.1) is 11.4 Å². The third kappa shape index (κ3) is 9.46. The summed E-state index contributed by atoms with van der Waals surface area (Å²) in [6.45, 7) is 11.4. The highest BCUT2D eigenvalue weighted by Gasteiger charge is 2.35. The summed E-state index contributed by atoms with van der Waals surface area (Å²) in [5, 5.41) is 23.1. The standard InChI is InChI=1S/2C22H30N2O/c2*1-18-10-8-11-19(2)24(18)17-9-15-22(25,20-12-4-3-5-13-20)21-14-6-7-16-23-21/h2*3-7,12-14,16,18-19,25H,8-11,15,17H2,1-2H3. The molecule has 2 fully saturated rings. The van der Waals surface area contributed by atoms with E-state index in [1.807, 2.05) is 97.1 Å². The first-order chi connectivity index (χ1) is 24.2. The van der Waals surface area contributed by atoms with E-state index in [2.05, 4.69) is 47.5 Å². The summed E-state index contributed by atoms with van der Waals surface area (Å²) in [7, 11) is 0. The Kier molecular flexibility index (Phi) is 13.8. The maximum absolute atomic E-state index is 11.5. The maximum atomic E-state index is 11.5. The summed E-state index contributed by atoms with van der Waals surface area (Å²) in [4.78, 5) is 14.1. The number of benzene rings is 2. The van der Waals surface area contributed by atoms with Gasteiger partial charge in [-0.2, -0.15) is 0 Å². The lowest BCUT2D eigenvalue weighted by molar-refractivity contribution is 0.0488. The fourth-order valence-corrected chi connectivity index (χ4v) is 8.35. The second-order valence-electron chi connectivity index (χ2n) is 14.8. The number of hydrogen-bond acceptors (Lipinski definition) is 6. The topological polar surface area (TPSA) is 72.7 Å². The van der Waals surface area contributed by atoms with Crippen LogP contribution in [-0.4, -0.2) is 67.2 Å². The van der Waals surface area contributed by atoms with Crippen molar-refractivity contribution >= 4 is 0 Å². The molecule has 2 N–H and O–H groups in total. The number of pyridine rings is 2. The summed E-state index contributed by atoms with van der Waals surface area (Å²) in [6, 6.07) is 34.0. The van der Waals surface area contributed by atoms with Crippen LogP contribution in [0, 0.1) is 0 Å². The SMILES string of the molecule is CC1CCCC(C)N1CCCC(O)(c1ccccc1)c1ccccn1.CC1CCCC(C)N1CCCC(O)(c1ccccc1)c1ccccn1. The van der Waals surface area contributed by atoms with Crippen LogP contribution in [-0.2, 0) is 11.2 Å². The Morgan fingerprint density at radius 2 is 0.860 bits per heavy atom. The molecule has 6 unspecified atom stereocenters. The van der Waals surface area contributed by atoms with E-state index in [-0.39, 0.29) is 0 Å². The predicted octanol–water partition coefficient (Wildman–Crippen LogP) is 8.72. The number of likely N-dealkylation sites (tertiary alicyclic amines) is 2. The molecule has 2 aromatic carbocycles. The first-order valence-corrected chi connectivity index (χ1v) is 19.1. The van der Waals surface area contributed by atoms with Crippen molar-refractivity contribution in [3.05, 3.63) is 132 Å². The second kappa shape index (κ2) is 18.2. The van der Waals surface area contributed by atoms with Crippen LogP contribution in [0.1, 0.15) is 114 Å². The highest BCUT2D eigenvalue weighted by atomic mass is 16.3. The van der Waals surface area contributed by atoms with Gasteiger partial charge in [0.1, 0.15) is 11.2 Å². The molecule has 4 aromatic rings. The van der Waals surface area contributed by atoms with Crippen molar-refractivity contribution in [2.75, 3.05) is 13.1 Å². The lowest BCUT2D eigenvalue weighted by atomic mass is 9.85. The molecule has 6 atom stereocenters. The Morgan fingerprint density at radius 1 is 0.520 bits per heavy atom. The Balaban J connectivity index is 0.000000194. The zero-order valence-corrected chi connectivity index (χ0v) is 30.9. The molecule has 0 amide bonds. The molecule has 0 aliphatic carbocycles. The highest BCUT2D eigenvalue weighted by Crippen LogP contribution is 2.35. The van der Waals surface area contributed by atoms with E-state index in [0.717, 1.165) is 48.4 Å². The summed E-state index contributed by atoms with van der Waals surface area (Å²) >= 11 is 0. The first kappa shape index (κ1) is 37.8. The van der Waals surface area contributed by atoms with Crippen molar-refractivity contribution in [3.8, 4) is 0 Å². The van der Waals surface area contributed by atoms with Crippen LogP contribution in [0.15, 0.2) is 109 Å². The molecule has 2 saturated heterocycles. The number of aliphatic hydroxyl groups is 2. The fourth-order valence-electron chi connectivity index (χ4n) is 8.35. The van der Waals surface area contributed by atoms with Crippen molar-refractivity contribution in [1.82, 2.24) is 19.8 Å². The van der Waals surface area contributed by atoms with E-state index >= 15 is 0 Å². The molecule has 2 aliphatic heterocycles. The number of nitrogens with zero attached hydrogens (tertiary/aromatic N) is 4. The molecule has 0 bridgehead atoms. The van der Waals surface area contributed by atoms with Gasteiger partial charge < -0.3 is 10.2 Å². The van der Waals surface area contributed by atoms with E-state index < -0.39 is 11.2 Å². The number of hydrogen-bond donors (Lipinski definition) is 2. The minimum Gasteiger partial charge on any atom is -0.379 e. The molecule has 0 spiro atoms. The van der Waals surface area contributed by atoms with E-state index in [0.29, 0.717) is 37.0 Å². The lowest BCUT2D eigenvalue weighted by Gasteiger charge is -2.39. The number of piperidine rings is 2. The van der Waals surface area contributed by atoms with Crippen LogP contribution >= 0.6 is 0 Å². The summed E-state index contributed by atoms with van der Waals surface area (Å²) in [5.74, 6) is 0. The van der Waals surface area contributed by atoms with Gasteiger partial charge in [-0.15, -0.1) is 0 Å². The van der Waals surface area contributed by atoms with E-state index in [1.165, 1.54) is 38.5 Å². The van der Waals surface area contributed by atoms with E-state index in [1.54, 1.807) is 12.4 Å². The van der Waals surface area contributed by atoms with Crippen LogP contribution in [0.5, 0.6) is 0 Å². The molecular formula is C44H60N4O2. The molecule has 6 rings (SSSR count). The minimum absolute atomic E-state index is 0.642. The fraction of sp³-hybridized carbons (Fsp3) is 0.500. The van der Waals surface area contributed by atoms with Crippen molar-refractivity contribution < 1.29 is 10.2 Å². The monoisotopic (exact) mass is 676 g/mol. The van der Waals surface area contributed by atoms with Gasteiger partial charge >= 0.3 is 0 Å². The molecule has 0 radical (unpaired) electrons. The van der Waals surface area contributed by atoms with Crippen LogP contribution in [0.2, 0.25) is 0 Å². The van der Waals surface area contributed by atoms with Crippen molar-refractivity contribution in [2.24, 2.45) is 0 Å². The Labute approximate surface area is 301 Å². The molecule has 6 heteroatoms. The molecular weight excluding hydrogens is 617 g/mol. The van der Waals surface area contributed by atoms with Crippen LogP contribution in [0.4, 0.5) is 0 Å². The Bertz CT molecular complexity index is 1310. The van der Waals surface area contributed by atoms with Gasteiger partial charge in [-0.25, -0.2) is 0 Å². The molecule has 6 nitrogen and oxygen atoms in total. The average molecular weight is 677 g/mol. The zero-order chi connectivity index (χ0) is 35.4. The largest absolute Gasteiger partial charge is 0.379 e. The molecule has 0 saturated carbocycles. The maximum Gasteiger partial charge on any atom is 0.131 e. The molecule has 2 aliphatic rings. The number of aromatic nitrogens is 2. The highest BCUT2D eigenvalue weighted by molar-refractivity contribution is 5.33. The summed E-state index contributed by atoms with van der Waals surface area (Å²) in [5.41, 5.74) is 1.28. The number of rotatable bonds is 12. The third-order valence-corrected chi connectivity index (χ3v) is 11.3. The predicted molar refractivity (Wildman–Crippen MR) is 205 cm³/mol. The van der Waals surface area contributed by atoms with Gasteiger partial charge in [-0.1, -0.05) is 85.6 Å². The van der Waals surface area contributed by atoms with Crippen molar-refractivity contribution in [1.29, 1.82) is 0 Å². The van der Waals surface area contributed by atoms with Gasteiger partial charge in [0.15, 0.2) is 0 Å². The Morgan fingerprint density at radius 3 is 1.18 bits per heavy atom. The van der Waals surface area contributed by atoms with Gasteiger partial charge in [0.25, 0.3) is 0 Å².